The van der Waals surface area contributed by atoms with E-state index in [-0.39, 0.29) is 11.3 Å². The molecule has 0 fully saturated rings. The van der Waals surface area contributed by atoms with Crippen LogP contribution < -0.4 is 5.73 Å². The summed E-state index contributed by atoms with van der Waals surface area (Å²) >= 11 is 0. The van der Waals surface area contributed by atoms with Gasteiger partial charge >= 0.3 is 11.9 Å². The summed E-state index contributed by atoms with van der Waals surface area (Å²) in [4.78, 5) is 22.3. The van der Waals surface area contributed by atoms with Gasteiger partial charge in [0.15, 0.2) is 0 Å². The van der Waals surface area contributed by atoms with Gasteiger partial charge in [0.1, 0.15) is 5.82 Å². The predicted octanol–water partition coefficient (Wildman–Crippen LogP) is 1.19. The van der Waals surface area contributed by atoms with Crippen LogP contribution in [0.25, 0.3) is 5.70 Å². The number of hydrogen-bond donors (Lipinski definition) is 1. The van der Waals surface area contributed by atoms with Gasteiger partial charge in [-0.1, -0.05) is 12.1 Å². The van der Waals surface area contributed by atoms with Gasteiger partial charge in [-0.25, -0.2) is 9.18 Å². The van der Waals surface area contributed by atoms with E-state index in [0.29, 0.717) is 0 Å². The van der Waals surface area contributed by atoms with E-state index < -0.39 is 23.5 Å². The van der Waals surface area contributed by atoms with Gasteiger partial charge in [-0.05, 0) is 12.1 Å². The summed E-state index contributed by atoms with van der Waals surface area (Å²) < 4.78 is 22.2. The lowest BCUT2D eigenvalue weighted by molar-refractivity contribution is -0.148. The van der Waals surface area contributed by atoms with Crippen molar-refractivity contribution in [3.8, 4) is 0 Å². The van der Waals surface area contributed by atoms with Crippen molar-refractivity contribution in [1.29, 1.82) is 0 Å². The zero-order valence-electron chi connectivity index (χ0n) is 9.90. The van der Waals surface area contributed by atoms with Gasteiger partial charge in [0, 0.05) is 12.5 Å². The second-order valence-electron chi connectivity index (χ2n) is 3.34. The minimum atomic E-state index is -0.910. The van der Waals surface area contributed by atoms with E-state index in [1.807, 2.05) is 0 Å². The van der Waals surface area contributed by atoms with Crippen molar-refractivity contribution in [3.05, 3.63) is 41.4 Å². The number of esters is 2. The molecule has 1 aromatic rings. The molecule has 0 aliphatic heterocycles. The van der Waals surface area contributed by atoms with Crippen LogP contribution >= 0.6 is 0 Å². The molecule has 0 spiro atoms. The number of methoxy groups -OCH3 is 1. The molecule has 0 saturated carbocycles. The minimum absolute atomic E-state index is 0.170. The maximum Gasteiger partial charge on any atom is 0.376 e. The molecule has 96 valence electrons. The molecule has 0 heterocycles. The van der Waals surface area contributed by atoms with Gasteiger partial charge in [-0.3, -0.25) is 4.79 Å². The van der Waals surface area contributed by atoms with E-state index in [2.05, 4.69) is 9.47 Å². The fourth-order valence-corrected chi connectivity index (χ4v) is 1.23. The fourth-order valence-electron chi connectivity index (χ4n) is 1.23. The van der Waals surface area contributed by atoms with Crippen molar-refractivity contribution in [3.63, 3.8) is 0 Å². The molecule has 0 radical (unpaired) electrons. The Labute approximate surface area is 103 Å². The summed E-state index contributed by atoms with van der Waals surface area (Å²) in [6.07, 6.45) is 0. The number of halogens is 1. The van der Waals surface area contributed by atoms with Gasteiger partial charge in [-0.2, -0.15) is 0 Å². The summed E-state index contributed by atoms with van der Waals surface area (Å²) in [5.74, 6) is -2.63. The quantitative estimate of drug-likeness (QED) is 0.497. The van der Waals surface area contributed by atoms with E-state index in [4.69, 9.17) is 5.73 Å². The second-order valence-corrected chi connectivity index (χ2v) is 3.34. The Balaban J connectivity index is 3.25. The Hall–Kier alpha value is -2.37. The highest BCUT2D eigenvalue weighted by Gasteiger charge is 2.19. The fraction of sp³-hybridized carbons (Fsp3) is 0.167. The Morgan fingerprint density at radius 3 is 2.50 bits per heavy atom. The Morgan fingerprint density at radius 2 is 2.00 bits per heavy atom. The summed E-state index contributed by atoms with van der Waals surface area (Å²) in [6, 6.07) is 5.23. The summed E-state index contributed by atoms with van der Waals surface area (Å²) in [5.41, 5.74) is 5.72. The van der Waals surface area contributed by atoms with Gasteiger partial charge in [0.2, 0.25) is 5.76 Å². The molecule has 6 heteroatoms. The third-order valence-electron chi connectivity index (χ3n) is 2.00. The van der Waals surface area contributed by atoms with Crippen LogP contribution in [-0.4, -0.2) is 19.0 Å². The number of ether oxygens (including phenoxy) is 2. The van der Waals surface area contributed by atoms with E-state index in [0.717, 1.165) is 20.1 Å². The number of nitrogens with two attached hydrogens (primary N) is 1. The first-order chi connectivity index (χ1) is 8.45. The van der Waals surface area contributed by atoms with Crippen LogP contribution in [0.1, 0.15) is 12.5 Å². The monoisotopic (exact) mass is 253 g/mol. The molecule has 0 unspecified atom stereocenters. The molecular weight excluding hydrogens is 241 g/mol. The van der Waals surface area contributed by atoms with Gasteiger partial charge in [-0.15, -0.1) is 0 Å². The molecule has 1 rings (SSSR count). The summed E-state index contributed by atoms with van der Waals surface area (Å²) in [6.45, 7) is 1.11. The SMILES string of the molecule is COC(=O)/C(OC(C)=O)=C(/N)c1cccc(F)c1. The van der Waals surface area contributed by atoms with Gasteiger partial charge in [0.05, 0.1) is 12.8 Å². The molecular formula is C12H12FNO4. The number of rotatable bonds is 3. The highest BCUT2D eigenvalue weighted by atomic mass is 19.1. The lowest BCUT2D eigenvalue weighted by Gasteiger charge is -2.09. The zero-order chi connectivity index (χ0) is 13.7. The molecule has 18 heavy (non-hydrogen) atoms. The topological polar surface area (TPSA) is 78.6 Å². The smallest absolute Gasteiger partial charge is 0.376 e. The number of carbonyl (C=O) groups is 2. The highest BCUT2D eigenvalue weighted by Crippen LogP contribution is 2.17. The molecule has 0 amide bonds. The van der Waals surface area contributed by atoms with Crippen molar-refractivity contribution >= 4 is 17.6 Å². The van der Waals surface area contributed by atoms with Crippen molar-refractivity contribution in [1.82, 2.24) is 0 Å². The number of benzene rings is 1. The first kappa shape index (κ1) is 13.7. The summed E-state index contributed by atoms with van der Waals surface area (Å²) in [7, 11) is 1.12. The van der Waals surface area contributed by atoms with E-state index >= 15 is 0 Å². The van der Waals surface area contributed by atoms with Crippen molar-refractivity contribution in [2.45, 2.75) is 6.92 Å². The average molecular weight is 253 g/mol. The molecule has 5 nitrogen and oxygen atoms in total. The maximum atomic E-state index is 13.0. The highest BCUT2D eigenvalue weighted by molar-refractivity contribution is 5.96. The molecule has 0 aliphatic carbocycles. The minimum Gasteiger partial charge on any atom is -0.463 e. The van der Waals surface area contributed by atoms with Crippen molar-refractivity contribution < 1.29 is 23.5 Å². The number of carbonyl (C=O) groups excluding carboxylic acids is 2. The van der Waals surface area contributed by atoms with Gasteiger partial charge < -0.3 is 15.2 Å². The first-order valence-electron chi connectivity index (χ1n) is 4.98. The predicted molar refractivity (Wildman–Crippen MR) is 61.3 cm³/mol. The third-order valence-corrected chi connectivity index (χ3v) is 2.00. The molecule has 0 bridgehead atoms. The van der Waals surface area contributed by atoms with Gasteiger partial charge in [0.25, 0.3) is 0 Å². The molecule has 1 aromatic carbocycles. The first-order valence-corrected chi connectivity index (χ1v) is 4.98. The van der Waals surface area contributed by atoms with Crippen LogP contribution in [0.2, 0.25) is 0 Å². The lowest BCUT2D eigenvalue weighted by atomic mass is 10.1. The second kappa shape index (κ2) is 5.81. The Bertz CT molecular complexity index is 511. The molecule has 0 saturated heterocycles. The van der Waals surface area contributed by atoms with E-state index in [9.17, 15) is 14.0 Å². The van der Waals surface area contributed by atoms with Crippen molar-refractivity contribution in [2.75, 3.05) is 7.11 Å². The van der Waals surface area contributed by atoms with E-state index in [1.54, 1.807) is 0 Å². The largest absolute Gasteiger partial charge is 0.463 e. The molecule has 0 atom stereocenters. The molecule has 0 aliphatic rings. The van der Waals surface area contributed by atoms with Crippen LogP contribution in [0.3, 0.4) is 0 Å². The average Bonchev–Trinajstić information content (AvgIpc) is 2.34. The van der Waals surface area contributed by atoms with Crippen LogP contribution in [-0.2, 0) is 19.1 Å². The van der Waals surface area contributed by atoms with Crippen LogP contribution in [0.15, 0.2) is 30.0 Å². The lowest BCUT2D eigenvalue weighted by Crippen LogP contribution is -2.16. The zero-order valence-corrected chi connectivity index (χ0v) is 9.90. The Morgan fingerprint density at radius 1 is 1.33 bits per heavy atom. The Kier molecular flexibility index (Phi) is 4.42. The van der Waals surface area contributed by atoms with Crippen LogP contribution in [0, 0.1) is 5.82 Å². The number of hydrogen-bond acceptors (Lipinski definition) is 5. The molecule has 0 aromatic heterocycles. The standard InChI is InChI=1S/C12H12FNO4/c1-7(15)18-11(12(16)17-2)10(14)8-4-3-5-9(13)6-8/h3-6H,14H2,1-2H3/b11-10-. The molecule has 2 N–H and O–H groups in total. The maximum absolute atomic E-state index is 13.0. The normalized spacial score (nSPS) is 11.5. The summed E-state index contributed by atoms with van der Waals surface area (Å²) in [5, 5.41) is 0. The third kappa shape index (κ3) is 3.31. The van der Waals surface area contributed by atoms with Crippen LogP contribution in [0.5, 0.6) is 0 Å². The van der Waals surface area contributed by atoms with Crippen molar-refractivity contribution in [2.24, 2.45) is 5.73 Å². The van der Waals surface area contributed by atoms with E-state index in [1.165, 1.54) is 18.2 Å². The van der Waals surface area contributed by atoms with Crippen LogP contribution in [0.4, 0.5) is 4.39 Å².